The third-order valence-corrected chi connectivity index (χ3v) is 5.96. The van der Waals surface area contributed by atoms with Gasteiger partial charge in [0.2, 0.25) is 10.0 Å². The van der Waals surface area contributed by atoms with Crippen LogP contribution in [0, 0.1) is 0 Å². The maximum absolute atomic E-state index is 12.6. The summed E-state index contributed by atoms with van der Waals surface area (Å²) in [6, 6.07) is 13.1. The highest BCUT2D eigenvalue weighted by Crippen LogP contribution is 2.26. The van der Waals surface area contributed by atoms with Crippen LogP contribution in [-0.2, 0) is 26.0 Å². The molecule has 0 unspecified atom stereocenters. The zero-order chi connectivity index (χ0) is 20.9. The summed E-state index contributed by atoms with van der Waals surface area (Å²) >= 11 is 0. The Labute approximate surface area is 170 Å². The molecule has 0 radical (unpaired) electrons. The summed E-state index contributed by atoms with van der Waals surface area (Å²) in [7, 11) is -3.76. The topological polar surface area (TPSA) is 92.8 Å². The first-order valence-corrected chi connectivity index (χ1v) is 10.7. The standard InChI is InChI=1S/C21H22N2O5S/c1-2-12-22-29(26,27)18-10-5-8-17(14-18)21(25)28-15-20(24)23-13-6-9-16-7-3-4-11-19(16)23/h2-5,7-8,10-11,14,22H,1,6,9,12-13,15H2. The summed E-state index contributed by atoms with van der Waals surface area (Å²) in [6.45, 7) is 3.68. The van der Waals surface area contributed by atoms with Crippen molar-refractivity contribution in [3.8, 4) is 0 Å². The molecule has 1 aliphatic heterocycles. The van der Waals surface area contributed by atoms with E-state index in [9.17, 15) is 18.0 Å². The van der Waals surface area contributed by atoms with Gasteiger partial charge in [-0.2, -0.15) is 0 Å². The number of amides is 1. The van der Waals surface area contributed by atoms with Gasteiger partial charge in [-0.15, -0.1) is 6.58 Å². The number of ether oxygens (including phenoxy) is 1. The van der Waals surface area contributed by atoms with Crippen molar-refractivity contribution >= 4 is 27.6 Å². The molecule has 0 atom stereocenters. The highest BCUT2D eigenvalue weighted by atomic mass is 32.2. The second-order valence-corrected chi connectivity index (χ2v) is 8.29. The van der Waals surface area contributed by atoms with E-state index in [-0.39, 0.29) is 22.9 Å². The van der Waals surface area contributed by atoms with Gasteiger partial charge < -0.3 is 9.64 Å². The van der Waals surface area contributed by atoms with Crippen LogP contribution < -0.4 is 9.62 Å². The fraction of sp³-hybridized carbons (Fsp3) is 0.238. The van der Waals surface area contributed by atoms with Gasteiger partial charge in [0.1, 0.15) is 0 Å². The smallest absolute Gasteiger partial charge is 0.338 e. The first-order valence-electron chi connectivity index (χ1n) is 9.18. The van der Waals surface area contributed by atoms with Gasteiger partial charge in [-0.3, -0.25) is 4.79 Å². The molecule has 29 heavy (non-hydrogen) atoms. The van der Waals surface area contributed by atoms with Crippen molar-refractivity contribution in [3.05, 3.63) is 72.3 Å². The van der Waals surface area contributed by atoms with E-state index in [2.05, 4.69) is 11.3 Å². The van der Waals surface area contributed by atoms with Crippen molar-refractivity contribution in [1.29, 1.82) is 0 Å². The number of fused-ring (bicyclic) bond motifs is 1. The van der Waals surface area contributed by atoms with E-state index in [0.717, 1.165) is 24.1 Å². The zero-order valence-electron chi connectivity index (χ0n) is 15.8. The highest BCUT2D eigenvalue weighted by molar-refractivity contribution is 7.89. The van der Waals surface area contributed by atoms with Gasteiger partial charge in [-0.25, -0.2) is 17.9 Å². The maximum Gasteiger partial charge on any atom is 0.338 e. The summed E-state index contributed by atoms with van der Waals surface area (Å²) in [4.78, 5) is 26.5. The third-order valence-electron chi connectivity index (χ3n) is 4.54. The van der Waals surface area contributed by atoms with E-state index in [4.69, 9.17) is 4.74 Å². The molecule has 1 heterocycles. The minimum atomic E-state index is -3.76. The number of nitrogens with one attached hydrogen (secondary N) is 1. The van der Waals surface area contributed by atoms with E-state index in [1.807, 2.05) is 24.3 Å². The highest BCUT2D eigenvalue weighted by Gasteiger charge is 2.23. The lowest BCUT2D eigenvalue weighted by Crippen LogP contribution is -2.38. The van der Waals surface area contributed by atoms with Gasteiger partial charge in [-0.1, -0.05) is 30.3 Å². The Balaban J connectivity index is 1.67. The second-order valence-electron chi connectivity index (χ2n) is 6.52. The first kappa shape index (κ1) is 20.8. The van der Waals surface area contributed by atoms with Crippen LogP contribution in [0.1, 0.15) is 22.3 Å². The van der Waals surface area contributed by atoms with Crippen LogP contribution in [-0.4, -0.2) is 40.0 Å². The number of carbonyl (C=O) groups excluding carboxylic acids is 2. The molecular weight excluding hydrogens is 392 g/mol. The van der Waals surface area contributed by atoms with E-state index in [0.29, 0.717) is 6.54 Å². The summed E-state index contributed by atoms with van der Waals surface area (Å²) in [5, 5.41) is 0. The molecular formula is C21H22N2O5S. The molecule has 0 aromatic heterocycles. The largest absolute Gasteiger partial charge is 0.452 e. The lowest BCUT2D eigenvalue weighted by Gasteiger charge is -2.29. The van der Waals surface area contributed by atoms with Gasteiger partial charge in [0.25, 0.3) is 5.91 Å². The van der Waals surface area contributed by atoms with Crippen molar-refractivity contribution in [2.45, 2.75) is 17.7 Å². The van der Waals surface area contributed by atoms with Gasteiger partial charge in [0.15, 0.2) is 6.61 Å². The van der Waals surface area contributed by atoms with Crippen LogP contribution in [0.15, 0.2) is 66.1 Å². The van der Waals surface area contributed by atoms with Crippen LogP contribution in [0.4, 0.5) is 5.69 Å². The number of rotatable bonds is 7. The molecule has 0 saturated carbocycles. The van der Waals surface area contributed by atoms with Crippen molar-refractivity contribution in [2.75, 3.05) is 24.6 Å². The van der Waals surface area contributed by atoms with Crippen molar-refractivity contribution in [3.63, 3.8) is 0 Å². The number of benzene rings is 2. The van der Waals surface area contributed by atoms with E-state index in [1.165, 1.54) is 30.3 Å². The molecule has 3 rings (SSSR count). The second kappa shape index (κ2) is 9.02. The third kappa shape index (κ3) is 4.90. The molecule has 8 heteroatoms. The number of nitrogens with zero attached hydrogens (tertiary/aromatic N) is 1. The molecule has 0 saturated heterocycles. The lowest BCUT2D eigenvalue weighted by molar-refractivity contribution is -0.121. The molecule has 0 aliphatic carbocycles. The molecule has 152 valence electrons. The van der Waals surface area contributed by atoms with E-state index in [1.54, 1.807) is 4.90 Å². The Morgan fingerprint density at radius 1 is 1.17 bits per heavy atom. The van der Waals surface area contributed by atoms with Crippen LogP contribution >= 0.6 is 0 Å². The van der Waals surface area contributed by atoms with Crippen molar-refractivity contribution in [1.82, 2.24) is 4.72 Å². The van der Waals surface area contributed by atoms with Gasteiger partial charge in [0.05, 0.1) is 10.5 Å². The quantitative estimate of drug-likeness (QED) is 0.554. The Kier molecular flexibility index (Phi) is 6.46. The molecule has 0 bridgehead atoms. The van der Waals surface area contributed by atoms with Crippen LogP contribution in [0.2, 0.25) is 0 Å². The number of hydrogen-bond acceptors (Lipinski definition) is 5. The van der Waals surface area contributed by atoms with Gasteiger partial charge >= 0.3 is 5.97 Å². The van der Waals surface area contributed by atoms with Gasteiger partial charge in [0, 0.05) is 18.8 Å². The van der Waals surface area contributed by atoms with Crippen LogP contribution in [0.3, 0.4) is 0 Å². The molecule has 7 nitrogen and oxygen atoms in total. The fourth-order valence-corrected chi connectivity index (χ4v) is 4.17. The molecule has 0 spiro atoms. The van der Waals surface area contributed by atoms with Crippen molar-refractivity contribution < 1.29 is 22.7 Å². The first-order chi connectivity index (χ1) is 13.9. The predicted molar refractivity (Wildman–Crippen MR) is 109 cm³/mol. The number of esters is 1. The van der Waals surface area contributed by atoms with Gasteiger partial charge in [-0.05, 0) is 42.7 Å². The molecule has 1 N–H and O–H groups in total. The van der Waals surface area contributed by atoms with Crippen molar-refractivity contribution in [2.24, 2.45) is 0 Å². The number of sulfonamides is 1. The average Bonchev–Trinajstić information content (AvgIpc) is 2.75. The fourth-order valence-electron chi connectivity index (χ4n) is 3.12. The lowest BCUT2D eigenvalue weighted by atomic mass is 10.0. The van der Waals surface area contributed by atoms with Crippen LogP contribution in [0.5, 0.6) is 0 Å². The normalized spacial score (nSPS) is 13.4. The molecule has 2 aromatic carbocycles. The van der Waals surface area contributed by atoms with E-state index < -0.39 is 22.6 Å². The monoisotopic (exact) mass is 414 g/mol. The molecule has 1 aliphatic rings. The van der Waals surface area contributed by atoms with Crippen LogP contribution in [0.25, 0.3) is 0 Å². The summed E-state index contributed by atoms with van der Waals surface area (Å²) < 4.78 is 31.8. The summed E-state index contributed by atoms with van der Waals surface area (Å²) in [6.07, 6.45) is 3.16. The number of para-hydroxylation sites is 1. The maximum atomic E-state index is 12.6. The number of anilines is 1. The van der Waals surface area contributed by atoms with E-state index >= 15 is 0 Å². The number of aryl methyl sites for hydroxylation is 1. The Bertz CT molecular complexity index is 1030. The molecule has 0 fully saturated rings. The Hall–Kier alpha value is -2.97. The zero-order valence-corrected chi connectivity index (χ0v) is 16.7. The average molecular weight is 414 g/mol. The molecule has 1 amide bonds. The Morgan fingerprint density at radius 3 is 2.76 bits per heavy atom. The minimum Gasteiger partial charge on any atom is -0.452 e. The predicted octanol–water partition coefficient (Wildman–Crippen LogP) is 2.29. The number of carbonyl (C=O) groups is 2. The minimum absolute atomic E-state index is 0.0540. The summed E-state index contributed by atoms with van der Waals surface area (Å²) in [5.41, 5.74) is 1.97. The molecule has 2 aromatic rings. The Morgan fingerprint density at radius 2 is 1.97 bits per heavy atom. The summed E-state index contributed by atoms with van der Waals surface area (Å²) in [5.74, 6) is -1.08. The SMILES string of the molecule is C=CCNS(=O)(=O)c1cccc(C(=O)OCC(=O)N2CCCc3ccccc32)c1. The number of hydrogen-bond donors (Lipinski definition) is 1.